The summed E-state index contributed by atoms with van der Waals surface area (Å²) in [6, 6.07) is 12.7. The SMILES string of the molecule is Cc1ccc(C(=O)NCc2ccc(CO)cc2)cc1Cl. The van der Waals surface area contributed by atoms with Crippen LogP contribution in [0.4, 0.5) is 0 Å². The van der Waals surface area contributed by atoms with E-state index in [1.54, 1.807) is 12.1 Å². The third-order valence-electron chi connectivity index (χ3n) is 3.09. The number of carbonyl (C=O) groups excluding carboxylic acids is 1. The first kappa shape index (κ1) is 14.6. The molecule has 4 heteroatoms. The van der Waals surface area contributed by atoms with E-state index in [1.807, 2.05) is 37.3 Å². The van der Waals surface area contributed by atoms with Gasteiger partial charge in [-0.3, -0.25) is 4.79 Å². The van der Waals surface area contributed by atoms with E-state index >= 15 is 0 Å². The lowest BCUT2D eigenvalue weighted by atomic mass is 10.1. The first-order chi connectivity index (χ1) is 9.60. The average molecular weight is 290 g/mol. The van der Waals surface area contributed by atoms with Gasteiger partial charge in [0.2, 0.25) is 0 Å². The molecule has 104 valence electrons. The zero-order valence-corrected chi connectivity index (χ0v) is 11.9. The summed E-state index contributed by atoms with van der Waals surface area (Å²) in [6.07, 6.45) is 0. The fourth-order valence-electron chi connectivity index (χ4n) is 1.78. The van der Waals surface area contributed by atoms with E-state index in [-0.39, 0.29) is 12.5 Å². The van der Waals surface area contributed by atoms with Crippen molar-refractivity contribution >= 4 is 17.5 Å². The minimum atomic E-state index is -0.155. The lowest BCUT2D eigenvalue weighted by molar-refractivity contribution is 0.0951. The van der Waals surface area contributed by atoms with Crippen LogP contribution >= 0.6 is 11.6 Å². The number of hydrogen-bond acceptors (Lipinski definition) is 2. The van der Waals surface area contributed by atoms with Crippen molar-refractivity contribution in [3.8, 4) is 0 Å². The number of benzene rings is 2. The third kappa shape index (κ3) is 3.59. The highest BCUT2D eigenvalue weighted by atomic mass is 35.5. The van der Waals surface area contributed by atoms with E-state index in [9.17, 15) is 4.79 Å². The van der Waals surface area contributed by atoms with Gasteiger partial charge < -0.3 is 10.4 Å². The van der Waals surface area contributed by atoms with Gasteiger partial charge in [0.05, 0.1) is 6.61 Å². The number of hydrogen-bond donors (Lipinski definition) is 2. The van der Waals surface area contributed by atoms with Crippen LogP contribution in [-0.4, -0.2) is 11.0 Å². The molecular weight excluding hydrogens is 274 g/mol. The van der Waals surface area contributed by atoms with Crippen molar-refractivity contribution in [3.05, 3.63) is 69.7 Å². The van der Waals surface area contributed by atoms with E-state index in [2.05, 4.69) is 5.32 Å². The number of rotatable bonds is 4. The number of nitrogens with one attached hydrogen (secondary N) is 1. The lowest BCUT2D eigenvalue weighted by Crippen LogP contribution is -2.22. The summed E-state index contributed by atoms with van der Waals surface area (Å²) in [4.78, 5) is 12.0. The smallest absolute Gasteiger partial charge is 0.251 e. The molecule has 0 unspecified atom stereocenters. The molecule has 0 spiro atoms. The largest absolute Gasteiger partial charge is 0.392 e. The molecule has 0 saturated heterocycles. The second-order valence-electron chi connectivity index (χ2n) is 4.62. The van der Waals surface area contributed by atoms with Crippen LogP contribution in [0, 0.1) is 6.92 Å². The van der Waals surface area contributed by atoms with Gasteiger partial charge in [-0.25, -0.2) is 0 Å². The van der Waals surface area contributed by atoms with Gasteiger partial charge in [-0.05, 0) is 35.7 Å². The Kier molecular flexibility index (Phi) is 4.77. The minimum absolute atomic E-state index is 0.0223. The molecule has 2 rings (SSSR count). The molecule has 3 nitrogen and oxygen atoms in total. The summed E-state index contributed by atoms with van der Waals surface area (Å²) in [5.74, 6) is -0.155. The van der Waals surface area contributed by atoms with Crippen molar-refractivity contribution in [2.75, 3.05) is 0 Å². The first-order valence-electron chi connectivity index (χ1n) is 6.33. The Morgan fingerprint density at radius 2 is 1.80 bits per heavy atom. The van der Waals surface area contributed by atoms with E-state index < -0.39 is 0 Å². The maximum Gasteiger partial charge on any atom is 0.251 e. The normalized spacial score (nSPS) is 10.3. The predicted molar refractivity (Wildman–Crippen MR) is 79.7 cm³/mol. The number of aryl methyl sites for hydroxylation is 1. The van der Waals surface area contributed by atoms with E-state index in [1.165, 1.54) is 0 Å². The van der Waals surface area contributed by atoms with Crippen LogP contribution in [0.25, 0.3) is 0 Å². The molecule has 0 heterocycles. The van der Waals surface area contributed by atoms with Crippen LogP contribution in [0.1, 0.15) is 27.0 Å². The molecule has 0 aliphatic rings. The van der Waals surface area contributed by atoms with Crippen molar-refractivity contribution in [2.24, 2.45) is 0 Å². The summed E-state index contributed by atoms with van der Waals surface area (Å²) in [5, 5.41) is 12.4. The Morgan fingerprint density at radius 3 is 2.40 bits per heavy atom. The zero-order valence-electron chi connectivity index (χ0n) is 11.2. The van der Waals surface area contributed by atoms with Crippen LogP contribution in [0.2, 0.25) is 5.02 Å². The molecule has 0 atom stereocenters. The van der Waals surface area contributed by atoms with Gasteiger partial charge in [-0.2, -0.15) is 0 Å². The molecule has 20 heavy (non-hydrogen) atoms. The summed E-state index contributed by atoms with van der Waals surface area (Å²) >= 11 is 6.00. The van der Waals surface area contributed by atoms with E-state index in [4.69, 9.17) is 16.7 Å². The van der Waals surface area contributed by atoms with Crippen LogP contribution in [0.15, 0.2) is 42.5 Å². The summed E-state index contributed by atoms with van der Waals surface area (Å²) in [7, 11) is 0. The number of amides is 1. The van der Waals surface area contributed by atoms with Crippen molar-refractivity contribution in [2.45, 2.75) is 20.1 Å². The minimum Gasteiger partial charge on any atom is -0.392 e. The van der Waals surface area contributed by atoms with Gasteiger partial charge in [-0.1, -0.05) is 41.9 Å². The highest BCUT2D eigenvalue weighted by Crippen LogP contribution is 2.16. The second kappa shape index (κ2) is 6.55. The van der Waals surface area contributed by atoms with E-state index in [0.717, 1.165) is 16.7 Å². The molecule has 1 amide bonds. The predicted octanol–water partition coefficient (Wildman–Crippen LogP) is 3.07. The van der Waals surface area contributed by atoms with E-state index in [0.29, 0.717) is 17.1 Å². The molecular formula is C16H16ClNO2. The van der Waals surface area contributed by atoms with Gasteiger partial charge >= 0.3 is 0 Å². The number of aliphatic hydroxyl groups is 1. The molecule has 0 bridgehead atoms. The van der Waals surface area contributed by atoms with Gasteiger partial charge in [0.25, 0.3) is 5.91 Å². The Balaban J connectivity index is 1.98. The highest BCUT2D eigenvalue weighted by Gasteiger charge is 2.07. The monoisotopic (exact) mass is 289 g/mol. The van der Waals surface area contributed by atoms with Crippen LogP contribution < -0.4 is 5.32 Å². The molecule has 2 aromatic rings. The van der Waals surface area contributed by atoms with Gasteiger partial charge in [-0.15, -0.1) is 0 Å². The maximum atomic E-state index is 12.0. The number of carbonyl (C=O) groups is 1. The maximum absolute atomic E-state index is 12.0. The quantitative estimate of drug-likeness (QED) is 0.909. The van der Waals surface area contributed by atoms with Crippen molar-refractivity contribution in [3.63, 3.8) is 0 Å². The van der Waals surface area contributed by atoms with Crippen molar-refractivity contribution in [1.82, 2.24) is 5.32 Å². The number of halogens is 1. The second-order valence-corrected chi connectivity index (χ2v) is 5.03. The third-order valence-corrected chi connectivity index (χ3v) is 3.50. The molecule has 0 fully saturated rings. The standard InChI is InChI=1S/C16H16ClNO2/c1-11-2-7-14(8-15(11)17)16(20)18-9-12-3-5-13(10-19)6-4-12/h2-8,19H,9-10H2,1H3,(H,18,20). The number of aliphatic hydroxyl groups excluding tert-OH is 1. The van der Waals surface area contributed by atoms with Gasteiger partial charge in [0, 0.05) is 17.1 Å². The Bertz CT molecular complexity index is 608. The topological polar surface area (TPSA) is 49.3 Å². The fourth-order valence-corrected chi connectivity index (χ4v) is 1.96. The van der Waals surface area contributed by atoms with Crippen LogP contribution in [0.3, 0.4) is 0 Å². The average Bonchev–Trinajstić information content (AvgIpc) is 2.48. The Hall–Kier alpha value is -1.84. The molecule has 0 aromatic heterocycles. The molecule has 0 radical (unpaired) electrons. The molecule has 0 aliphatic carbocycles. The highest BCUT2D eigenvalue weighted by molar-refractivity contribution is 6.31. The van der Waals surface area contributed by atoms with Crippen LogP contribution in [-0.2, 0) is 13.2 Å². The summed E-state index contributed by atoms with van der Waals surface area (Å²) < 4.78 is 0. The van der Waals surface area contributed by atoms with Crippen molar-refractivity contribution in [1.29, 1.82) is 0 Å². The molecule has 0 aliphatic heterocycles. The summed E-state index contributed by atoms with van der Waals surface area (Å²) in [5.41, 5.74) is 3.33. The Labute approximate surface area is 123 Å². The van der Waals surface area contributed by atoms with Crippen molar-refractivity contribution < 1.29 is 9.90 Å². The fraction of sp³-hybridized carbons (Fsp3) is 0.188. The Morgan fingerprint density at radius 1 is 1.15 bits per heavy atom. The molecule has 2 aromatic carbocycles. The first-order valence-corrected chi connectivity index (χ1v) is 6.71. The van der Waals surface area contributed by atoms with Gasteiger partial charge in [0.15, 0.2) is 0 Å². The molecule has 0 saturated carbocycles. The lowest BCUT2D eigenvalue weighted by Gasteiger charge is -2.07. The van der Waals surface area contributed by atoms with Gasteiger partial charge in [0.1, 0.15) is 0 Å². The van der Waals surface area contributed by atoms with Crippen LogP contribution in [0.5, 0.6) is 0 Å². The summed E-state index contributed by atoms with van der Waals surface area (Å²) in [6.45, 7) is 2.36. The zero-order chi connectivity index (χ0) is 14.5. The molecule has 2 N–H and O–H groups in total.